The van der Waals surface area contributed by atoms with Gasteiger partial charge < -0.3 is 5.32 Å². The number of aromatic nitrogens is 2. The van der Waals surface area contributed by atoms with E-state index in [1.807, 2.05) is 54.1 Å². The number of hydrogen-bond acceptors (Lipinski definition) is 5. The lowest BCUT2D eigenvalue weighted by Gasteiger charge is -2.05. The van der Waals surface area contributed by atoms with E-state index in [2.05, 4.69) is 15.3 Å². The summed E-state index contributed by atoms with van der Waals surface area (Å²) in [6, 6.07) is 11.8. The molecule has 0 spiro atoms. The normalized spacial score (nSPS) is 10.9. The number of carbonyl (C=O) groups is 1. The number of rotatable bonds is 3. The van der Waals surface area contributed by atoms with Gasteiger partial charge in [0.25, 0.3) is 5.91 Å². The van der Waals surface area contributed by atoms with Gasteiger partial charge >= 0.3 is 0 Å². The van der Waals surface area contributed by atoms with Crippen molar-refractivity contribution < 1.29 is 4.79 Å². The summed E-state index contributed by atoms with van der Waals surface area (Å²) in [4.78, 5) is 22.1. The predicted octanol–water partition coefficient (Wildman–Crippen LogP) is 4.98. The summed E-state index contributed by atoms with van der Waals surface area (Å²) in [5, 5.41) is 8.83. The summed E-state index contributed by atoms with van der Waals surface area (Å²) in [6.45, 7) is 1.86. The summed E-state index contributed by atoms with van der Waals surface area (Å²) in [5.74, 6) is -0.149. The number of thiophene rings is 1. The molecule has 6 heteroatoms. The molecule has 4 nitrogen and oxygen atoms in total. The Hall–Kier alpha value is -2.57. The number of thiazole rings is 1. The fourth-order valence-corrected chi connectivity index (χ4v) is 4.12. The number of benzene rings is 1. The fraction of sp³-hybridized carbons (Fsp3) is 0.0556. The van der Waals surface area contributed by atoms with Gasteiger partial charge in [-0.05, 0) is 30.5 Å². The number of nitrogens with zero attached hydrogens (tertiary/aromatic N) is 2. The Morgan fingerprint density at radius 2 is 2.08 bits per heavy atom. The molecule has 3 aromatic heterocycles. The first kappa shape index (κ1) is 15.0. The van der Waals surface area contributed by atoms with Crippen LogP contribution in [-0.4, -0.2) is 15.9 Å². The Kier molecular flexibility index (Phi) is 3.84. The molecule has 0 bridgehead atoms. The molecule has 0 aliphatic rings. The molecule has 0 saturated carbocycles. The summed E-state index contributed by atoms with van der Waals surface area (Å²) in [7, 11) is 0. The number of aryl methyl sites for hydroxylation is 1. The van der Waals surface area contributed by atoms with Gasteiger partial charge in [0.2, 0.25) is 0 Å². The summed E-state index contributed by atoms with van der Waals surface area (Å²) >= 11 is 3.03. The Morgan fingerprint density at radius 3 is 2.92 bits per heavy atom. The van der Waals surface area contributed by atoms with E-state index in [0.29, 0.717) is 10.6 Å². The number of amides is 1. The first-order valence-electron chi connectivity index (χ1n) is 7.37. The van der Waals surface area contributed by atoms with E-state index in [1.54, 1.807) is 17.5 Å². The standard InChI is InChI=1S/C18H13N3OS2/c1-11-16(24-18(20-11)13-6-7-23-10-13)17(22)21-14-8-12-4-2-3-5-15(12)19-9-14/h2-10H,1H3,(H,21,22). The van der Waals surface area contributed by atoms with Crippen LogP contribution in [0.25, 0.3) is 21.5 Å². The third-order valence-electron chi connectivity index (χ3n) is 3.62. The van der Waals surface area contributed by atoms with Crippen molar-refractivity contribution >= 4 is 45.2 Å². The molecule has 0 aliphatic heterocycles. The summed E-state index contributed by atoms with van der Waals surface area (Å²) in [5.41, 5.74) is 3.39. The molecule has 4 aromatic rings. The van der Waals surface area contributed by atoms with Crippen molar-refractivity contribution in [2.75, 3.05) is 5.32 Å². The number of carbonyl (C=O) groups excluding carboxylic acids is 1. The number of hydrogen-bond donors (Lipinski definition) is 1. The molecule has 0 aliphatic carbocycles. The number of para-hydroxylation sites is 1. The zero-order chi connectivity index (χ0) is 16.5. The molecule has 1 amide bonds. The molecule has 4 rings (SSSR count). The van der Waals surface area contributed by atoms with Crippen LogP contribution in [0, 0.1) is 6.92 Å². The first-order chi connectivity index (χ1) is 11.7. The zero-order valence-corrected chi connectivity index (χ0v) is 14.4. The molecule has 1 N–H and O–H groups in total. The molecule has 118 valence electrons. The van der Waals surface area contributed by atoms with Gasteiger partial charge in [0.1, 0.15) is 9.88 Å². The van der Waals surface area contributed by atoms with E-state index in [-0.39, 0.29) is 5.91 Å². The largest absolute Gasteiger partial charge is 0.320 e. The second-order valence-corrected chi connectivity index (χ2v) is 7.10. The number of nitrogens with one attached hydrogen (secondary N) is 1. The molecule has 0 fully saturated rings. The van der Waals surface area contributed by atoms with Gasteiger partial charge in [-0.25, -0.2) is 4.98 Å². The zero-order valence-electron chi connectivity index (χ0n) is 12.8. The molecular formula is C18H13N3OS2. The summed E-state index contributed by atoms with van der Waals surface area (Å²) < 4.78 is 0. The van der Waals surface area contributed by atoms with Crippen molar-refractivity contribution in [2.24, 2.45) is 0 Å². The molecule has 1 aromatic carbocycles. The average molecular weight is 351 g/mol. The van der Waals surface area contributed by atoms with Crippen LogP contribution in [0.5, 0.6) is 0 Å². The topological polar surface area (TPSA) is 54.9 Å². The maximum absolute atomic E-state index is 12.6. The number of fused-ring (bicyclic) bond motifs is 1. The molecule has 0 saturated heterocycles. The Labute approximate surface area is 146 Å². The van der Waals surface area contributed by atoms with Gasteiger partial charge in [-0.1, -0.05) is 18.2 Å². The molecule has 0 atom stereocenters. The highest BCUT2D eigenvalue weighted by Gasteiger charge is 2.16. The molecule has 3 heterocycles. The van der Waals surface area contributed by atoms with Crippen molar-refractivity contribution in [1.29, 1.82) is 0 Å². The van der Waals surface area contributed by atoms with Crippen LogP contribution in [-0.2, 0) is 0 Å². The Morgan fingerprint density at radius 1 is 1.21 bits per heavy atom. The second kappa shape index (κ2) is 6.14. The maximum Gasteiger partial charge on any atom is 0.267 e. The van der Waals surface area contributed by atoms with E-state index in [9.17, 15) is 4.79 Å². The van der Waals surface area contributed by atoms with Crippen molar-refractivity contribution in [2.45, 2.75) is 6.92 Å². The molecular weight excluding hydrogens is 338 g/mol. The van der Waals surface area contributed by atoms with Gasteiger partial charge in [-0.2, -0.15) is 11.3 Å². The van der Waals surface area contributed by atoms with Gasteiger partial charge in [0.15, 0.2) is 0 Å². The quantitative estimate of drug-likeness (QED) is 0.566. The minimum atomic E-state index is -0.149. The van der Waals surface area contributed by atoms with Crippen molar-refractivity contribution in [3.63, 3.8) is 0 Å². The third-order valence-corrected chi connectivity index (χ3v) is 5.51. The van der Waals surface area contributed by atoms with Crippen molar-refractivity contribution in [3.05, 3.63) is 63.9 Å². The van der Waals surface area contributed by atoms with Crippen LogP contribution in [0.1, 0.15) is 15.4 Å². The third kappa shape index (κ3) is 2.81. The second-order valence-electron chi connectivity index (χ2n) is 5.32. The monoisotopic (exact) mass is 351 g/mol. The van der Waals surface area contributed by atoms with Crippen LogP contribution in [0.15, 0.2) is 53.4 Å². The minimum absolute atomic E-state index is 0.149. The van der Waals surface area contributed by atoms with Gasteiger partial charge in [-0.3, -0.25) is 9.78 Å². The van der Waals surface area contributed by atoms with Gasteiger partial charge in [-0.15, -0.1) is 11.3 Å². The van der Waals surface area contributed by atoms with E-state index in [4.69, 9.17) is 0 Å². The minimum Gasteiger partial charge on any atom is -0.320 e. The predicted molar refractivity (Wildman–Crippen MR) is 99.9 cm³/mol. The van der Waals surface area contributed by atoms with Crippen LogP contribution in [0.3, 0.4) is 0 Å². The fourth-order valence-electron chi connectivity index (χ4n) is 2.44. The molecule has 0 unspecified atom stereocenters. The highest BCUT2D eigenvalue weighted by Crippen LogP contribution is 2.30. The lowest BCUT2D eigenvalue weighted by molar-refractivity contribution is 0.103. The smallest absolute Gasteiger partial charge is 0.267 e. The lowest BCUT2D eigenvalue weighted by Crippen LogP contribution is -2.11. The van der Waals surface area contributed by atoms with E-state index in [1.165, 1.54) is 11.3 Å². The SMILES string of the molecule is Cc1nc(-c2ccsc2)sc1C(=O)Nc1cnc2ccccc2c1. The van der Waals surface area contributed by atoms with Crippen LogP contribution < -0.4 is 5.32 Å². The summed E-state index contributed by atoms with van der Waals surface area (Å²) in [6.07, 6.45) is 1.68. The first-order valence-corrected chi connectivity index (χ1v) is 9.13. The highest BCUT2D eigenvalue weighted by atomic mass is 32.1. The van der Waals surface area contributed by atoms with Crippen molar-refractivity contribution in [3.8, 4) is 10.6 Å². The average Bonchev–Trinajstić information content (AvgIpc) is 3.24. The van der Waals surface area contributed by atoms with Crippen molar-refractivity contribution in [1.82, 2.24) is 9.97 Å². The highest BCUT2D eigenvalue weighted by molar-refractivity contribution is 7.17. The Bertz CT molecular complexity index is 1020. The Balaban J connectivity index is 1.61. The number of pyridine rings is 1. The van der Waals surface area contributed by atoms with Crippen LogP contribution in [0.4, 0.5) is 5.69 Å². The lowest BCUT2D eigenvalue weighted by atomic mass is 10.2. The van der Waals surface area contributed by atoms with E-state index in [0.717, 1.165) is 27.2 Å². The van der Waals surface area contributed by atoms with Gasteiger partial charge in [0, 0.05) is 16.3 Å². The van der Waals surface area contributed by atoms with E-state index >= 15 is 0 Å². The molecule has 24 heavy (non-hydrogen) atoms. The van der Waals surface area contributed by atoms with Gasteiger partial charge in [0.05, 0.1) is 23.1 Å². The van der Waals surface area contributed by atoms with Crippen LogP contribution in [0.2, 0.25) is 0 Å². The van der Waals surface area contributed by atoms with Crippen LogP contribution >= 0.6 is 22.7 Å². The molecule has 0 radical (unpaired) electrons. The maximum atomic E-state index is 12.6. The number of anilines is 1. The van der Waals surface area contributed by atoms with E-state index < -0.39 is 0 Å².